The van der Waals surface area contributed by atoms with Crippen molar-refractivity contribution in [2.24, 2.45) is 0 Å². The molecule has 0 saturated heterocycles. The fraction of sp³-hybridized carbons (Fsp3) is 0.200. The Kier molecular flexibility index (Phi) is 3.48. The Bertz CT molecular complexity index is 762. The van der Waals surface area contributed by atoms with Gasteiger partial charge in [0.1, 0.15) is 5.60 Å². The van der Waals surface area contributed by atoms with Crippen LogP contribution in [0.1, 0.15) is 22.8 Å². The molecule has 0 aliphatic carbocycles. The van der Waals surface area contributed by atoms with Crippen molar-refractivity contribution in [3.63, 3.8) is 0 Å². The van der Waals surface area contributed by atoms with E-state index in [0.717, 1.165) is 16.6 Å². The number of thiophene rings is 1. The largest absolute Gasteiger partial charge is 0.384 e. The number of nitrogens with zero attached hydrogens (tertiary/aromatic N) is 1. The smallest absolute Gasteiger partial charge is 0.251 e. The topological polar surface area (TPSA) is 78.0 Å². The van der Waals surface area contributed by atoms with Gasteiger partial charge in [-0.3, -0.25) is 4.79 Å². The second-order valence-corrected chi connectivity index (χ2v) is 5.88. The lowest BCUT2D eigenvalue weighted by Gasteiger charge is -2.22. The van der Waals surface area contributed by atoms with Gasteiger partial charge in [0.15, 0.2) is 0 Å². The summed E-state index contributed by atoms with van der Waals surface area (Å²) in [5.74, 6) is -0.220. The molecule has 2 aromatic heterocycles. The van der Waals surface area contributed by atoms with Crippen molar-refractivity contribution in [1.29, 1.82) is 0 Å². The van der Waals surface area contributed by atoms with Crippen LogP contribution in [0.15, 0.2) is 41.4 Å². The number of aromatic nitrogens is 2. The van der Waals surface area contributed by atoms with Gasteiger partial charge < -0.3 is 15.4 Å². The van der Waals surface area contributed by atoms with Crippen molar-refractivity contribution in [3.8, 4) is 0 Å². The summed E-state index contributed by atoms with van der Waals surface area (Å²) < 4.78 is 0. The third-order valence-electron chi connectivity index (χ3n) is 3.42. The van der Waals surface area contributed by atoms with E-state index in [-0.39, 0.29) is 12.5 Å². The quantitative estimate of drug-likeness (QED) is 0.691. The molecule has 1 aromatic carbocycles. The van der Waals surface area contributed by atoms with Gasteiger partial charge in [0, 0.05) is 5.56 Å². The Labute approximate surface area is 125 Å². The molecule has 1 atom stereocenters. The Morgan fingerprint density at radius 2 is 2.33 bits per heavy atom. The van der Waals surface area contributed by atoms with Crippen LogP contribution in [-0.4, -0.2) is 27.5 Å². The first-order valence-corrected chi connectivity index (χ1v) is 7.47. The van der Waals surface area contributed by atoms with Crippen molar-refractivity contribution < 1.29 is 9.90 Å². The number of nitrogens with one attached hydrogen (secondary N) is 2. The fourth-order valence-electron chi connectivity index (χ4n) is 2.10. The molecular formula is C15H15N3O2S. The number of H-pyrrole nitrogens is 1. The van der Waals surface area contributed by atoms with E-state index in [1.54, 1.807) is 31.5 Å². The first kappa shape index (κ1) is 13.8. The molecule has 0 spiro atoms. The van der Waals surface area contributed by atoms with E-state index < -0.39 is 5.60 Å². The van der Waals surface area contributed by atoms with E-state index in [0.29, 0.717) is 5.56 Å². The van der Waals surface area contributed by atoms with Gasteiger partial charge in [0.25, 0.3) is 5.91 Å². The highest BCUT2D eigenvalue weighted by Crippen LogP contribution is 2.22. The minimum Gasteiger partial charge on any atom is -0.384 e. The second kappa shape index (κ2) is 5.31. The monoisotopic (exact) mass is 301 g/mol. The number of amides is 1. The average Bonchev–Trinajstić information content (AvgIpc) is 3.14. The first-order chi connectivity index (χ1) is 10.1. The lowest BCUT2D eigenvalue weighted by molar-refractivity contribution is 0.0530. The van der Waals surface area contributed by atoms with Crippen LogP contribution in [0, 0.1) is 0 Å². The number of imidazole rings is 1. The Morgan fingerprint density at radius 1 is 1.48 bits per heavy atom. The Balaban J connectivity index is 1.71. The lowest BCUT2D eigenvalue weighted by atomic mass is 9.99. The zero-order valence-corrected chi connectivity index (χ0v) is 12.3. The molecule has 0 aliphatic heterocycles. The number of aromatic amines is 1. The highest BCUT2D eigenvalue weighted by molar-refractivity contribution is 7.08. The number of aliphatic hydroxyl groups is 1. The average molecular weight is 301 g/mol. The highest BCUT2D eigenvalue weighted by Gasteiger charge is 2.24. The molecule has 2 heterocycles. The van der Waals surface area contributed by atoms with E-state index in [1.165, 1.54) is 11.3 Å². The number of rotatable bonds is 4. The summed E-state index contributed by atoms with van der Waals surface area (Å²) in [5, 5.41) is 16.9. The maximum atomic E-state index is 12.2. The van der Waals surface area contributed by atoms with Crippen molar-refractivity contribution in [2.45, 2.75) is 12.5 Å². The molecule has 6 heteroatoms. The molecule has 1 unspecified atom stereocenters. The lowest BCUT2D eigenvalue weighted by Crippen LogP contribution is -2.38. The van der Waals surface area contributed by atoms with Crippen LogP contribution in [0.3, 0.4) is 0 Å². The molecule has 3 rings (SSSR count). The minimum absolute atomic E-state index is 0.156. The van der Waals surface area contributed by atoms with E-state index in [1.807, 2.05) is 16.8 Å². The Hall–Kier alpha value is -2.18. The maximum absolute atomic E-state index is 12.2. The normalized spacial score (nSPS) is 14.0. The zero-order chi connectivity index (χ0) is 14.9. The second-order valence-electron chi connectivity index (χ2n) is 5.10. The molecule has 5 nitrogen and oxygen atoms in total. The molecule has 0 fully saturated rings. The summed E-state index contributed by atoms with van der Waals surface area (Å²) in [6.07, 6.45) is 1.59. The number of fused-ring (bicyclic) bond motifs is 1. The van der Waals surface area contributed by atoms with E-state index in [2.05, 4.69) is 15.3 Å². The van der Waals surface area contributed by atoms with Crippen molar-refractivity contribution >= 4 is 28.3 Å². The standard InChI is InChI=1S/C15H15N3O2S/c1-15(20,11-4-5-21-7-11)8-16-14(19)10-2-3-12-13(6-10)18-9-17-12/h2-7,9,20H,8H2,1H3,(H,16,19)(H,17,18). The zero-order valence-electron chi connectivity index (χ0n) is 11.5. The van der Waals surface area contributed by atoms with E-state index in [9.17, 15) is 9.90 Å². The third kappa shape index (κ3) is 2.81. The fourth-order valence-corrected chi connectivity index (χ4v) is 2.89. The number of carbonyl (C=O) groups excluding carboxylic acids is 1. The van der Waals surface area contributed by atoms with Gasteiger partial charge in [-0.25, -0.2) is 4.98 Å². The van der Waals surface area contributed by atoms with Crippen molar-refractivity contribution in [3.05, 3.63) is 52.5 Å². The molecule has 3 N–H and O–H groups in total. The van der Waals surface area contributed by atoms with Gasteiger partial charge in [-0.15, -0.1) is 0 Å². The molecule has 1 amide bonds. The number of benzene rings is 1. The summed E-state index contributed by atoms with van der Waals surface area (Å²) in [6.45, 7) is 1.84. The van der Waals surface area contributed by atoms with Crippen LogP contribution >= 0.6 is 11.3 Å². The highest BCUT2D eigenvalue weighted by atomic mass is 32.1. The van der Waals surface area contributed by atoms with Crippen LogP contribution in [0.4, 0.5) is 0 Å². The molecular weight excluding hydrogens is 286 g/mol. The number of carbonyl (C=O) groups is 1. The van der Waals surface area contributed by atoms with Gasteiger partial charge in [-0.1, -0.05) is 0 Å². The molecule has 108 valence electrons. The Morgan fingerprint density at radius 3 is 3.10 bits per heavy atom. The molecule has 0 radical (unpaired) electrons. The summed E-state index contributed by atoms with van der Waals surface area (Å²) in [4.78, 5) is 19.3. The van der Waals surface area contributed by atoms with Crippen LogP contribution in [0.2, 0.25) is 0 Å². The van der Waals surface area contributed by atoms with Crippen molar-refractivity contribution in [1.82, 2.24) is 15.3 Å². The van der Waals surface area contributed by atoms with Crippen LogP contribution in [0.5, 0.6) is 0 Å². The summed E-state index contributed by atoms with van der Waals surface area (Å²) >= 11 is 1.52. The predicted molar refractivity (Wildman–Crippen MR) is 82.3 cm³/mol. The molecule has 0 saturated carbocycles. The molecule has 21 heavy (non-hydrogen) atoms. The number of hydrogen-bond donors (Lipinski definition) is 3. The van der Waals surface area contributed by atoms with E-state index >= 15 is 0 Å². The van der Waals surface area contributed by atoms with Crippen LogP contribution in [-0.2, 0) is 5.60 Å². The first-order valence-electron chi connectivity index (χ1n) is 6.53. The summed E-state index contributed by atoms with van der Waals surface area (Å²) in [6, 6.07) is 7.11. The maximum Gasteiger partial charge on any atom is 0.251 e. The molecule has 0 bridgehead atoms. The minimum atomic E-state index is -1.08. The SMILES string of the molecule is CC(O)(CNC(=O)c1ccc2nc[nH]c2c1)c1ccsc1. The van der Waals surface area contributed by atoms with Crippen molar-refractivity contribution in [2.75, 3.05) is 6.54 Å². The summed E-state index contributed by atoms with van der Waals surface area (Å²) in [5.41, 5.74) is 1.89. The van der Waals surface area contributed by atoms with Crippen LogP contribution in [0.25, 0.3) is 11.0 Å². The predicted octanol–water partition coefficient (Wildman–Crippen LogP) is 2.26. The molecule has 3 aromatic rings. The summed E-state index contributed by atoms with van der Waals surface area (Å²) in [7, 11) is 0. The van der Waals surface area contributed by atoms with Gasteiger partial charge in [-0.2, -0.15) is 11.3 Å². The van der Waals surface area contributed by atoms with Gasteiger partial charge in [-0.05, 0) is 47.5 Å². The number of hydrogen-bond acceptors (Lipinski definition) is 4. The van der Waals surface area contributed by atoms with Crippen LogP contribution < -0.4 is 5.32 Å². The third-order valence-corrected chi connectivity index (χ3v) is 4.10. The van der Waals surface area contributed by atoms with Gasteiger partial charge in [0.05, 0.1) is 23.9 Å². The molecule has 0 aliphatic rings. The van der Waals surface area contributed by atoms with Gasteiger partial charge >= 0.3 is 0 Å². The van der Waals surface area contributed by atoms with E-state index in [4.69, 9.17) is 0 Å². The van der Waals surface area contributed by atoms with Gasteiger partial charge in [0.2, 0.25) is 0 Å².